The third-order valence-electron chi connectivity index (χ3n) is 3.58. The molecule has 0 spiro atoms. The Morgan fingerprint density at radius 2 is 2.22 bits per heavy atom. The van der Waals surface area contributed by atoms with Crippen molar-refractivity contribution in [3.63, 3.8) is 0 Å². The summed E-state index contributed by atoms with van der Waals surface area (Å²) in [7, 11) is 0. The minimum absolute atomic E-state index is 0.00343. The average molecular weight is 265 g/mol. The first-order valence-electron chi connectivity index (χ1n) is 6.04. The summed E-state index contributed by atoms with van der Waals surface area (Å²) in [5.41, 5.74) is 1.71. The molecule has 0 bridgehead atoms. The third-order valence-corrected chi connectivity index (χ3v) is 3.91. The first kappa shape index (κ1) is 11.6. The van der Waals surface area contributed by atoms with Crippen LogP contribution in [0, 0.1) is 5.92 Å². The van der Waals surface area contributed by atoms with Crippen molar-refractivity contribution in [3.8, 4) is 0 Å². The molecule has 1 aromatic carbocycles. The Hall–Kier alpha value is -1.48. The summed E-state index contributed by atoms with van der Waals surface area (Å²) < 4.78 is 5.36. The number of hydrogen-bond acceptors (Lipinski definition) is 2. The average Bonchev–Trinajstić information content (AvgIpc) is 3.05. The highest BCUT2D eigenvalue weighted by atomic mass is 35.5. The molecule has 1 saturated carbocycles. The number of hydrogen-bond donors (Lipinski definition) is 1. The van der Waals surface area contributed by atoms with Crippen LogP contribution in [0.2, 0.25) is 5.02 Å². The molecule has 1 unspecified atom stereocenters. The second kappa shape index (κ2) is 4.32. The van der Waals surface area contributed by atoms with E-state index in [1.165, 1.54) is 0 Å². The second-order valence-electron chi connectivity index (χ2n) is 4.84. The van der Waals surface area contributed by atoms with Gasteiger partial charge in [-0.2, -0.15) is 0 Å². The molecule has 4 heteroatoms. The molecule has 3 nitrogen and oxygen atoms in total. The fourth-order valence-corrected chi connectivity index (χ4v) is 2.91. The van der Waals surface area contributed by atoms with Crippen molar-refractivity contribution < 1.29 is 14.3 Å². The number of carboxylic acids is 1. The number of benzene rings is 1. The highest BCUT2D eigenvalue weighted by Gasteiger charge is 2.36. The normalized spacial score (nSPS) is 16.9. The van der Waals surface area contributed by atoms with E-state index in [1.54, 1.807) is 12.3 Å². The Balaban J connectivity index is 2.12. The van der Waals surface area contributed by atoms with Crippen LogP contribution in [0.3, 0.4) is 0 Å². The van der Waals surface area contributed by atoms with E-state index in [0.717, 1.165) is 29.4 Å². The number of rotatable bonds is 4. The van der Waals surface area contributed by atoms with Crippen LogP contribution < -0.4 is 0 Å². The molecule has 1 aliphatic rings. The quantitative estimate of drug-likeness (QED) is 0.906. The van der Waals surface area contributed by atoms with Gasteiger partial charge < -0.3 is 9.52 Å². The van der Waals surface area contributed by atoms with E-state index < -0.39 is 5.97 Å². The number of fused-ring (bicyclic) bond motifs is 1. The predicted octanol–water partition coefficient (Wildman–Crippen LogP) is 4.05. The van der Waals surface area contributed by atoms with Gasteiger partial charge >= 0.3 is 5.97 Å². The molecule has 1 aliphatic carbocycles. The minimum Gasteiger partial charge on any atom is -0.481 e. The summed E-state index contributed by atoms with van der Waals surface area (Å²) in [6, 6.07) is 5.49. The predicted molar refractivity (Wildman–Crippen MR) is 68.9 cm³/mol. The van der Waals surface area contributed by atoms with E-state index in [-0.39, 0.29) is 12.3 Å². The van der Waals surface area contributed by atoms with Crippen molar-refractivity contribution in [2.45, 2.75) is 25.2 Å². The van der Waals surface area contributed by atoms with Crippen LogP contribution in [0.5, 0.6) is 0 Å². The van der Waals surface area contributed by atoms with Crippen LogP contribution in [-0.4, -0.2) is 11.1 Å². The van der Waals surface area contributed by atoms with E-state index >= 15 is 0 Å². The van der Waals surface area contributed by atoms with Crippen molar-refractivity contribution in [3.05, 3.63) is 35.0 Å². The molecular formula is C14H13ClO3. The van der Waals surface area contributed by atoms with Crippen LogP contribution in [0.4, 0.5) is 0 Å². The summed E-state index contributed by atoms with van der Waals surface area (Å²) in [4.78, 5) is 11.0. The van der Waals surface area contributed by atoms with Crippen molar-refractivity contribution in [2.24, 2.45) is 5.92 Å². The lowest BCUT2D eigenvalue weighted by atomic mass is 9.89. The monoisotopic (exact) mass is 264 g/mol. The summed E-state index contributed by atoms with van der Waals surface area (Å²) in [6.07, 6.45) is 3.93. The summed E-state index contributed by atoms with van der Waals surface area (Å²) in [5, 5.41) is 10.7. The Labute approximate surface area is 109 Å². The van der Waals surface area contributed by atoms with E-state index in [0.29, 0.717) is 10.9 Å². The summed E-state index contributed by atoms with van der Waals surface area (Å²) >= 11 is 6.28. The largest absolute Gasteiger partial charge is 0.481 e. The Kier molecular flexibility index (Phi) is 2.78. The lowest BCUT2D eigenvalue weighted by Gasteiger charge is -2.17. The molecule has 1 fully saturated rings. The fraction of sp³-hybridized carbons (Fsp3) is 0.357. The van der Waals surface area contributed by atoms with Gasteiger partial charge in [0.1, 0.15) is 5.58 Å². The zero-order valence-electron chi connectivity index (χ0n) is 9.73. The van der Waals surface area contributed by atoms with Gasteiger partial charge in [0.25, 0.3) is 0 Å². The second-order valence-corrected chi connectivity index (χ2v) is 5.24. The number of furan rings is 1. The molecule has 0 saturated heterocycles. The molecule has 1 aromatic heterocycles. The van der Waals surface area contributed by atoms with Crippen LogP contribution in [0.1, 0.15) is 30.7 Å². The van der Waals surface area contributed by atoms with E-state index in [4.69, 9.17) is 21.1 Å². The third kappa shape index (κ3) is 1.99. The van der Waals surface area contributed by atoms with Crippen LogP contribution >= 0.6 is 11.6 Å². The van der Waals surface area contributed by atoms with Gasteiger partial charge in [-0.05, 0) is 48.4 Å². The Bertz CT molecular complexity index is 598. The number of carbonyl (C=O) groups is 1. The van der Waals surface area contributed by atoms with Crippen LogP contribution in [-0.2, 0) is 4.79 Å². The topological polar surface area (TPSA) is 50.4 Å². The zero-order chi connectivity index (χ0) is 12.7. The van der Waals surface area contributed by atoms with Gasteiger partial charge in [0, 0.05) is 10.4 Å². The molecule has 1 N–H and O–H groups in total. The maximum Gasteiger partial charge on any atom is 0.303 e. The number of halogens is 1. The minimum atomic E-state index is -0.775. The smallest absolute Gasteiger partial charge is 0.303 e. The van der Waals surface area contributed by atoms with Crippen molar-refractivity contribution in [1.82, 2.24) is 0 Å². The zero-order valence-corrected chi connectivity index (χ0v) is 10.5. The molecule has 2 aromatic rings. The van der Waals surface area contributed by atoms with E-state index in [2.05, 4.69) is 0 Å². The molecule has 1 heterocycles. The van der Waals surface area contributed by atoms with Crippen molar-refractivity contribution >= 4 is 28.5 Å². The highest BCUT2D eigenvalue weighted by molar-refractivity contribution is 6.32. The first-order chi connectivity index (χ1) is 8.66. The maximum atomic E-state index is 11.0. The van der Waals surface area contributed by atoms with Gasteiger partial charge in [-0.15, -0.1) is 0 Å². The Morgan fingerprint density at radius 1 is 1.44 bits per heavy atom. The SMILES string of the molecule is O=C(O)CC(c1c(Cl)ccc2occc12)C1CC1. The number of carboxylic acid groups (broad SMARTS) is 1. The molecule has 3 rings (SSSR count). The highest BCUT2D eigenvalue weighted by Crippen LogP contribution is 2.48. The molecule has 0 amide bonds. The van der Waals surface area contributed by atoms with Gasteiger partial charge in [-0.1, -0.05) is 11.6 Å². The molecule has 18 heavy (non-hydrogen) atoms. The lowest BCUT2D eigenvalue weighted by Crippen LogP contribution is -2.09. The van der Waals surface area contributed by atoms with Crippen LogP contribution in [0.15, 0.2) is 28.9 Å². The molecule has 0 radical (unpaired) electrons. The standard InChI is InChI=1S/C14H13ClO3/c15-11-3-4-12-9(5-6-18-12)14(11)10(7-13(16)17)8-1-2-8/h3-6,8,10H,1-2,7H2,(H,16,17). The maximum absolute atomic E-state index is 11.0. The summed E-state index contributed by atoms with van der Waals surface area (Å²) in [5.74, 6) is -0.334. The molecular weight excluding hydrogens is 252 g/mol. The van der Waals surface area contributed by atoms with Crippen LogP contribution in [0.25, 0.3) is 11.0 Å². The van der Waals surface area contributed by atoms with E-state index in [9.17, 15) is 4.79 Å². The van der Waals surface area contributed by atoms with E-state index in [1.807, 2.05) is 12.1 Å². The van der Waals surface area contributed by atoms with Gasteiger partial charge in [-0.3, -0.25) is 4.79 Å². The van der Waals surface area contributed by atoms with Gasteiger partial charge in [0.15, 0.2) is 0 Å². The molecule has 1 atom stereocenters. The number of aliphatic carboxylic acids is 1. The summed E-state index contributed by atoms with van der Waals surface area (Å²) in [6.45, 7) is 0. The van der Waals surface area contributed by atoms with Crippen molar-refractivity contribution in [1.29, 1.82) is 0 Å². The first-order valence-corrected chi connectivity index (χ1v) is 6.42. The Morgan fingerprint density at radius 3 is 2.89 bits per heavy atom. The van der Waals surface area contributed by atoms with Gasteiger partial charge in [0.2, 0.25) is 0 Å². The molecule has 94 valence electrons. The molecule has 0 aliphatic heterocycles. The fourth-order valence-electron chi connectivity index (χ4n) is 2.61. The van der Waals surface area contributed by atoms with Gasteiger partial charge in [-0.25, -0.2) is 0 Å². The lowest BCUT2D eigenvalue weighted by molar-refractivity contribution is -0.137. The van der Waals surface area contributed by atoms with Gasteiger partial charge in [0.05, 0.1) is 12.7 Å². The van der Waals surface area contributed by atoms with Crippen molar-refractivity contribution in [2.75, 3.05) is 0 Å².